The number of anilines is 1. The molecule has 0 spiro atoms. The van der Waals surface area contributed by atoms with Gasteiger partial charge in [-0.15, -0.1) is 0 Å². The number of aromatic amines is 1. The fourth-order valence-corrected chi connectivity index (χ4v) is 3.65. The molecule has 0 atom stereocenters. The summed E-state index contributed by atoms with van der Waals surface area (Å²) >= 11 is 0. The topological polar surface area (TPSA) is 66.9 Å². The van der Waals surface area contributed by atoms with Gasteiger partial charge in [-0.3, -0.25) is 14.7 Å². The molecule has 0 saturated heterocycles. The maximum Gasteiger partial charge on any atom is 0.279 e. The molecule has 0 aliphatic rings. The number of hydrogen-bond donors (Lipinski definition) is 2. The number of benzene rings is 3. The number of aromatic nitrogens is 2. The number of H-pyrrole nitrogens is 1. The van der Waals surface area contributed by atoms with Gasteiger partial charge in [-0.1, -0.05) is 61.4 Å². The normalized spacial score (nSPS) is 11.0. The fourth-order valence-electron chi connectivity index (χ4n) is 3.65. The summed E-state index contributed by atoms with van der Waals surface area (Å²) in [5, 5.41) is 6.21. The monoisotopic (exact) mass is 425 g/mol. The van der Waals surface area contributed by atoms with Crippen molar-refractivity contribution in [1.82, 2.24) is 9.78 Å². The van der Waals surface area contributed by atoms with Crippen LogP contribution < -0.4 is 10.9 Å². The number of nitrogens with one attached hydrogen (secondary N) is 2. The average molecular weight is 426 g/mol. The molecule has 0 aliphatic carbocycles. The second-order valence-electron chi connectivity index (χ2n) is 8.43. The van der Waals surface area contributed by atoms with E-state index in [-0.39, 0.29) is 17.4 Å². The Hall–Kier alpha value is -3.86. The summed E-state index contributed by atoms with van der Waals surface area (Å²) in [7, 11) is 0. The highest BCUT2D eigenvalue weighted by Crippen LogP contribution is 2.27. The molecule has 0 bridgehead atoms. The number of rotatable bonds is 5. The van der Waals surface area contributed by atoms with Gasteiger partial charge in [-0.2, -0.15) is 0 Å². The van der Waals surface area contributed by atoms with Crippen molar-refractivity contribution in [3.8, 4) is 16.8 Å². The molecule has 4 aromatic rings. The lowest BCUT2D eigenvalue weighted by molar-refractivity contribution is 0.102. The van der Waals surface area contributed by atoms with Crippen LogP contribution in [0.1, 0.15) is 46.9 Å². The summed E-state index contributed by atoms with van der Waals surface area (Å²) in [5.41, 5.74) is 6.59. The van der Waals surface area contributed by atoms with Crippen molar-refractivity contribution in [2.24, 2.45) is 0 Å². The van der Waals surface area contributed by atoms with E-state index >= 15 is 0 Å². The number of nitrogens with zero attached hydrogens (tertiary/aromatic N) is 1. The maximum absolute atomic E-state index is 13.3. The average Bonchev–Trinajstić information content (AvgIpc) is 3.13. The quantitative estimate of drug-likeness (QED) is 0.423. The molecule has 32 heavy (non-hydrogen) atoms. The highest BCUT2D eigenvalue weighted by Gasteiger charge is 2.19. The van der Waals surface area contributed by atoms with Crippen molar-refractivity contribution < 1.29 is 4.79 Å². The van der Waals surface area contributed by atoms with Crippen LogP contribution in [0.2, 0.25) is 0 Å². The third-order valence-corrected chi connectivity index (χ3v) is 5.53. The molecule has 0 fully saturated rings. The Labute approximate surface area is 187 Å². The van der Waals surface area contributed by atoms with Crippen molar-refractivity contribution in [1.29, 1.82) is 0 Å². The summed E-state index contributed by atoms with van der Waals surface area (Å²) in [4.78, 5) is 25.8. The predicted octanol–water partition coefficient (Wildman–Crippen LogP) is 5.83. The zero-order valence-electron chi connectivity index (χ0n) is 18.8. The van der Waals surface area contributed by atoms with Crippen molar-refractivity contribution in [3.05, 3.63) is 106 Å². The van der Waals surface area contributed by atoms with Crippen molar-refractivity contribution >= 4 is 11.6 Å². The van der Waals surface area contributed by atoms with Gasteiger partial charge in [0.25, 0.3) is 11.5 Å². The first-order chi connectivity index (χ1) is 15.3. The molecule has 2 N–H and O–H groups in total. The molecule has 1 amide bonds. The molecule has 5 heteroatoms. The lowest BCUT2D eigenvalue weighted by atomic mass is 9.99. The van der Waals surface area contributed by atoms with Crippen molar-refractivity contribution in [3.63, 3.8) is 0 Å². The molecular weight excluding hydrogens is 398 g/mol. The standard InChI is InChI=1S/C27H27N3O2/c1-17(2)25-24(27(32)30(29-25)23-15-7-19(4)8-16-23)20-11-13-22(14-12-20)28-26(31)21-9-5-18(3)6-10-21/h5-17,29H,1-4H3,(H,28,31). The summed E-state index contributed by atoms with van der Waals surface area (Å²) < 4.78 is 1.59. The Balaban J connectivity index is 1.65. The maximum atomic E-state index is 13.3. The van der Waals surface area contributed by atoms with Crippen LogP contribution in [0.15, 0.2) is 77.6 Å². The second kappa shape index (κ2) is 8.71. The van der Waals surface area contributed by atoms with Gasteiger partial charge in [-0.25, -0.2) is 4.68 Å². The van der Waals surface area contributed by atoms with E-state index in [9.17, 15) is 9.59 Å². The van der Waals surface area contributed by atoms with Crippen LogP contribution in [-0.2, 0) is 0 Å². The SMILES string of the molecule is Cc1ccc(C(=O)Nc2ccc(-c3c(C(C)C)[nH]n(-c4ccc(C)cc4)c3=O)cc2)cc1. The Morgan fingerprint density at radius 3 is 1.97 bits per heavy atom. The van der Waals surface area contributed by atoms with E-state index in [1.165, 1.54) is 0 Å². The van der Waals surface area contributed by atoms with E-state index in [1.807, 2.05) is 74.5 Å². The minimum atomic E-state index is -0.163. The van der Waals surface area contributed by atoms with E-state index in [2.05, 4.69) is 24.3 Å². The fraction of sp³-hybridized carbons (Fsp3) is 0.185. The van der Waals surface area contributed by atoms with Crippen LogP contribution in [-0.4, -0.2) is 15.7 Å². The van der Waals surface area contributed by atoms with E-state index in [0.29, 0.717) is 16.8 Å². The first kappa shape index (κ1) is 21.4. The van der Waals surface area contributed by atoms with Crippen LogP contribution in [0.25, 0.3) is 16.8 Å². The van der Waals surface area contributed by atoms with Gasteiger partial charge >= 0.3 is 0 Å². The number of aryl methyl sites for hydroxylation is 2. The zero-order valence-corrected chi connectivity index (χ0v) is 18.8. The van der Waals surface area contributed by atoms with Gasteiger partial charge in [0.2, 0.25) is 0 Å². The molecule has 1 heterocycles. The van der Waals surface area contributed by atoms with Gasteiger partial charge in [-0.05, 0) is 61.7 Å². The number of hydrogen-bond acceptors (Lipinski definition) is 2. The van der Waals surface area contributed by atoms with Gasteiger partial charge in [0.1, 0.15) is 0 Å². The van der Waals surface area contributed by atoms with E-state index in [4.69, 9.17) is 0 Å². The number of carbonyl (C=O) groups is 1. The Bertz CT molecular complexity index is 1290. The van der Waals surface area contributed by atoms with Gasteiger partial charge in [0.05, 0.1) is 11.3 Å². The Morgan fingerprint density at radius 1 is 0.844 bits per heavy atom. The van der Waals surface area contributed by atoms with Gasteiger partial charge in [0.15, 0.2) is 0 Å². The smallest absolute Gasteiger partial charge is 0.279 e. The summed E-state index contributed by atoms with van der Waals surface area (Å²) in [6.45, 7) is 8.12. The Morgan fingerprint density at radius 2 is 1.41 bits per heavy atom. The second-order valence-corrected chi connectivity index (χ2v) is 8.43. The highest BCUT2D eigenvalue weighted by atomic mass is 16.1. The summed E-state index contributed by atoms with van der Waals surface area (Å²) in [6.07, 6.45) is 0. The molecular formula is C27H27N3O2. The number of amides is 1. The molecule has 4 rings (SSSR count). The summed E-state index contributed by atoms with van der Waals surface area (Å²) in [5.74, 6) is -0.0192. The third kappa shape index (κ3) is 4.28. The van der Waals surface area contributed by atoms with E-state index in [0.717, 1.165) is 28.1 Å². The minimum absolute atomic E-state index is 0.0889. The molecule has 5 nitrogen and oxygen atoms in total. The largest absolute Gasteiger partial charge is 0.322 e. The number of carbonyl (C=O) groups excluding carboxylic acids is 1. The molecule has 0 radical (unpaired) electrons. The van der Waals surface area contributed by atoms with Crippen LogP contribution >= 0.6 is 0 Å². The molecule has 1 aromatic heterocycles. The van der Waals surface area contributed by atoms with Crippen LogP contribution in [0.5, 0.6) is 0 Å². The first-order valence-corrected chi connectivity index (χ1v) is 10.7. The lowest BCUT2D eigenvalue weighted by Gasteiger charge is -2.08. The van der Waals surface area contributed by atoms with Crippen LogP contribution in [0.3, 0.4) is 0 Å². The van der Waals surface area contributed by atoms with E-state index < -0.39 is 0 Å². The molecule has 0 saturated carbocycles. The summed E-state index contributed by atoms with van der Waals surface area (Å²) in [6, 6.07) is 22.7. The molecule has 0 aliphatic heterocycles. The van der Waals surface area contributed by atoms with Crippen LogP contribution in [0, 0.1) is 13.8 Å². The van der Waals surface area contributed by atoms with E-state index in [1.54, 1.807) is 16.8 Å². The molecule has 162 valence electrons. The van der Waals surface area contributed by atoms with Crippen molar-refractivity contribution in [2.45, 2.75) is 33.6 Å². The van der Waals surface area contributed by atoms with Crippen LogP contribution in [0.4, 0.5) is 5.69 Å². The molecule has 0 unspecified atom stereocenters. The Kier molecular flexibility index (Phi) is 5.82. The first-order valence-electron chi connectivity index (χ1n) is 10.7. The predicted molar refractivity (Wildman–Crippen MR) is 130 cm³/mol. The third-order valence-electron chi connectivity index (χ3n) is 5.53. The van der Waals surface area contributed by atoms with Crippen molar-refractivity contribution in [2.75, 3.05) is 5.32 Å². The minimum Gasteiger partial charge on any atom is -0.322 e. The zero-order chi connectivity index (χ0) is 22.8. The highest BCUT2D eigenvalue weighted by molar-refractivity contribution is 6.04. The molecule has 3 aromatic carbocycles. The van der Waals surface area contributed by atoms with Gasteiger partial charge in [0, 0.05) is 16.9 Å². The van der Waals surface area contributed by atoms with Gasteiger partial charge < -0.3 is 5.32 Å². The lowest BCUT2D eigenvalue weighted by Crippen LogP contribution is -2.15.